The van der Waals surface area contributed by atoms with E-state index in [9.17, 15) is 9.18 Å². The van der Waals surface area contributed by atoms with Crippen LogP contribution in [0.15, 0.2) is 60.8 Å². The number of amides is 2. The summed E-state index contributed by atoms with van der Waals surface area (Å²) in [5.41, 5.74) is 5.58. The average Bonchev–Trinajstić information content (AvgIpc) is 3.73. The molecule has 0 saturated carbocycles. The lowest BCUT2D eigenvalue weighted by molar-refractivity contribution is 0.159. The van der Waals surface area contributed by atoms with Crippen molar-refractivity contribution in [3.8, 4) is 16.9 Å². The van der Waals surface area contributed by atoms with Crippen molar-refractivity contribution >= 4 is 11.8 Å². The maximum absolute atomic E-state index is 14.1. The maximum Gasteiger partial charge on any atom is 0.320 e. The summed E-state index contributed by atoms with van der Waals surface area (Å²) < 4.78 is 23.2. The highest BCUT2D eigenvalue weighted by molar-refractivity contribution is 5.91. The first kappa shape index (κ1) is 26.2. The van der Waals surface area contributed by atoms with Crippen LogP contribution in [0.4, 0.5) is 15.0 Å². The highest BCUT2D eigenvalue weighted by Gasteiger charge is 2.35. The fourth-order valence-corrected chi connectivity index (χ4v) is 5.94. The molecule has 2 atom stereocenters. The molecule has 9 nitrogen and oxygen atoms in total. The molecule has 1 fully saturated rings. The van der Waals surface area contributed by atoms with Crippen LogP contribution in [0.3, 0.4) is 0 Å². The average molecular weight is 544 g/mol. The van der Waals surface area contributed by atoms with Gasteiger partial charge in [-0.3, -0.25) is 14.9 Å². The van der Waals surface area contributed by atoms with E-state index in [0.29, 0.717) is 25.5 Å². The first-order valence-corrected chi connectivity index (χ1v) is 13.8. The van der Waals surface area contributed by atoms with E-state index in [1.165, 1.54) is 11.8 Å². The van der Waals surface area contributed by atoms with Crippen LogP contribution in [0, 0.1) is 12.7 Å². The number of nitrogens with zero attached hydrogens (tertiary/aromatic N) is 5. The lowest BCUT2D eigenvalue weighted by atomic mass is 9.94. The van der Waals surface area contributed by atoms with Gasteiger partial charge in [0.1, 0.15) is 17.3 Å². The lowest BCUT2D eigenvalue weighted by Gasteiger charge is -2.21. The molecular formula is C30H34FN7O2. The molecule has 10 heteroatoms. The van der Waals surface area contributed by atoms with Crippen molar-refractivity contribution in [2.45, 2.75) is 38.3 Å². The summed E-state index contributed by atoms with van der Waals surface area (Å²) in [7, 11) is 1.67. The maximum atomic E-state index is 14.1. The predicted octanol–water partition coefficient (Wildman–Crippen LogP) is 4.37. The Hall–Kier alpha value is -4.02. The van der Waals surface area contributed by atoms with Gasteiger partial charge < -0.3 is 10.1 Å². The Kier molecular flexibility index (Phi) is 7.36. The normalized spacial score (nSPS) is 18.7. The molecule has 1 saturated heterocycles. The zero-order valence-electron chi connectivity index (χ0n) is 22.8. The minimum atomic E-state index is -0.327. The summed E-state index contributed by atoms with van der Waals surface area (Å²) in [6, 6.07) is 15.9. The van der Waals surface area contributed by atoms with Crippen LogP contribution in [-0.4, -0.2) is 69.9 Å². The Morgan fingerprint density at radius 3 is 2.80 bits per heavy atom. The molecule has 2 aliphatic heterocycles. The Morgan fingerprint density at radius 1 is 1.15 bits per heavy atom. The predicted molar refractivity (Wildman–Crippen MR) is 151 cm³/mol. The topological polar surface area (TPSA) is 89.2 Å². The third kappa shape index (κ3) is 5.12. The molecule has 2 aliphatic rings. The largest absolute Gasteiger partial charge is 0.383 e. The molecular weight excluding hydrogens is 509 g/mol. The summed E-state index contributed by atoms with van der Waals surface area (Å²) in [5.74, 6) is 0.273. The van der Waals surface area contributed by atoms with Crippen LogP contribution in [0.1, 0.15) is 29.2 Å². The fourth-order valence-electron chi connectivity index (χ4n) is 5.94. The van der Waals surface area contributed by atoms with Gasteiger partial charge in [0, 0.05) is 56.0 Å². The molecule has 0 spiro atoms. The van der Waals surface area contributed by atoms with Crippen LogP contribution >= 0.6 is 0 Å². The first-order valence-electron chi connectivity index (χ1n) is 13.8. The fraction of sp³-hybridized carbons (Fsp3) is 0.367. The third-order valence-electron chi connectivity index (χ3n) is 7.94. The molecule has 4 heterocycles. The molecule has 2 N–H and O–H groups in total. The van der Waals surface area contributed by atoms with Gasteiger partial charge in [0.25, 0.3) is 0 Å². The number of ether oxygens (including phenoxy) is 1. The monoisotopic (exact) mass is 543 g/mol. The van der Waals surface area contributed by atoms with Crippen molar-refractivity contribution in [2.75, 3.05) is 38.7 Å². The van der Waals surface area contributed by atoms with E-state index >= 15 is 0 Å². The van der Waals surface area contributed by atoms with Gasteiger partial charge in [0.05, 0.1) is 24.5 Å². The summed E-state index contributed by atoms with van der Waals surface area (Å²) in [4.78, 5) is 15.8. The third-order valence-corrected chi connectivity index (χ3v) is 7.94. The van der Waals surface area contributed by atoms with Crippen molar-refractivity contribution in [3.05, 3.63) is 83.4 Å². The smallest absolute Gasteiger partial charge is 0.320 e. The van der Waals surface area contributed by atoms with E-state index in [0.717, 1.165) is 54.0 Å². The van der Waals surface area contributed by atoms with E-state index in [-0.39, 0.29) is 23.8 Å². The van der Waals surface area contributed by atoms with Gasteiger partial charge in [-0.2, -0.15) is 10.2 Å². The molecule has 2 aromatic heterocycles. The molecule has 2 amide bonds. The Bertz CT molecular complexity index is 1500. The summed E-state index contributed by atoms with van der Waals surface area (Å²) in [6.07, 6.45) is 3.90. The molecule has 6 rings (SSSR count). The number of rotatable bonds is 8. The second-order valence-corrected chi connectivity index (χ2v) is 10.5. The number of carbonyl (C=O) groups excluding carboxylic acids is 1. The van der Waals surface area contributed by atoms with E-state index in [1.807, 2.05) is 54.2 Å². The van der Waals surface area contributed by atoms with Gasteiger partial charge >= 0.3 is 6.03 Å². The molecule has 0 radical (unpaired) electrons. The van der Waals surface area contributed by atoms with E-state index in [1.54, 1.807) is 23.9 Å². The number of halogens is 1. The van der Waals surface area contributed by atoms with Crippen LogP contribution in [-0.2, 0) is 17.7 Å². The number of aryl methyl sites for hydroxylation is 1. The lowest BCUT2D eigenvalue weighted by Crippen LogP contribution is -2.42. The molecule has 0 bridgehead atoms. The minimum absolute atomic E-state index is 0.0518. The molecule has 208 valence electrons. The number of carbonyl (C=O) groups is 1. The molecule has 2 aromatic carbocycles. The first-order chi connectivity index (χ1) is 19.5. The number of para-hydroxylation sites is 1. The van der Waals surface area contributed by atoms with E-state index in [4.69, 9.17) is 9.84 Å². The number of anilines is 1. The number of nitrogens with one attached hydrogen (secondary N) is 2. The van der Waals surface area contributed by atoms with Crippen LogP contribution in [0.5, 0.6) is 0 Å². The number of benzene rings is 2. The molecule has 0 aliphatic carbocycles. The van der Waals surface area contributed by atoms with Gasteiger partial charge in [-0.15, -0.1) is 0 Å². The van der Waals surface area contributed by atoms with E-state index < -0.39 is 0 Å². The van der Waals surface area contributed by atoms with Crippen molar-refractivity contribution in [2.24, 2.45) is 0 Å². The Labute approximate surface area is 232 Å². The molecule has 40 heavy (non-hydrogen) atoms. The standard InChI is InChI=1S/C30H34FN7O2/c1-20-28(24-17-32-37-13-7-12-27(24)37)35-38(23-10-4-3-5-11-23)29(20)34-30(39)33-26-19-36(14-15-40-2)18-25(26)21-8-6-9-22(31)16-21/h3-6,8-11,16-17,25-26H,7,12-15,18-19H2,1-2H3,(H2,33,34,39)/t25-,26+/m0/s1. The zero-order valence-corrected chi connectivity index (χ0v) is 22.8. The van der Waals surface area contributed by atoms with Gasteiger partial charge in [-0.25, -0.2) is 13.9 Å². The second-order valence-electron chi connectivity index (χ2n) is 10.5. The number of aromatic nitrogens is 4. The highest BCUT2D eigenvalue weighted by atomic mass is 19.1. The summed E-state index contributed by atoms with van der Waals surface area (Å²) >= 11 is 0. The minimum Gasteiger partial charge on any atom is -0.383 e. The van der Waals surface area contributed by atoms with Crippen molar-refractivity contribution < 1.29 is 13.9 Å². The van der Waals surface area contributed by atoms with Crippen LogP contribution < -0.4 is 10.6 Å². The Morgan fingerprint density at radius 2 is 2.00 bits per heavy atom. The van der Waals surface area contributed by atoms with Crippen molar-refractivity contribution in [3.63, 3.8) is 0 Å². The van der Waals surface area contributed by atoms with Gasteiger partial charge in [0.15, 0.2) is 0 Å². The summed E-state index contributed by atoms with van der Waals surface area (Å²) in [5, 5.41) is 15.8. The zero-order chi connectivity index (χ0) is 27.6. The van der Waals surface area contributed by atoms with Crippen molar-refractivity contribution in [1.29, 1.82) is 0 Å². The quantitative estimate of drug-likeness (QED) is 0.345. The molecule has 4 aromatic rings. The number of methoxy groups -OCH3 is 1. The van der Waals surface area contributed by atoms with Crippen molar-refractivity contribution in [1.82, 2.24) is 29.8 Å². The molecule has 0 unspecified atom stereocenters. The Balaban J connectivity index is 1.29. The van der Waals surface area contributed by atoms with Gasteiger partial charge in [-0.1, -0.05) is 30.3 Å². The number of likely N-dealkylation sites (tertiary alicyclic amines) is 1. The highest BCUT2D eigenvalue weighted by Crippen LogP contribution is 2.35. The number of hydrogen-bond acceptors (Lipinski definition) is 5. The SMILES string of the molecule is COCCN1C[C@@H](NC(=O)Nc2c(C)c(-c3cnn4c3CCC4)nn2-c2ccccc2)[C@H](c2cccc(F)c2)C1. The van der Waals surface area contributed by atoms with Crippen LogP contribution in [0.2, 0.25) is 0 Å². The second kappa shape index (κ2) is 11.2. The number of urea groups is 1. The van der Waals surface area contributed by atoms with E-state index in [2.05, 4.69) is 20.6 Å². The number of hydrogen-bond donors (Lipinski definition) is 2. The summed E-state index contributed by atoms with van der Waals surface area (Å²) in [6.45, 7) is 5.57. The number of fused-ring (bicyclic) bond motifs is 1. The van der Waals surface area contributed by atoms with Gasteiger partial charge in [-0.05, 0) is 49.6 Å². The van der Waals surface area contributed by atoms with Crippen LogP contribution in [0.25, 0.3) is 16.9 Å². The van der Waals surface area contributed by atoms with Gasteiger partial charge in [0.2, 0.25) is 0 Å².